The molecule has 0 spiro atoms. The van der Waals surface area contributed by atoms with Gasteiger partial charge in [-0.3, -0.25) is 38.7 Å². The molecule has 9 heterocycles. The molecule has 0 amide bonds. The van der Waals surface area contributed by atoms with Gasteiger partial charge in [-0.15, -0.1) is 22.7 Å². The minimum absolute atomic E-state index is 0.0232. The molecule has 4 saturated carbocycles. The lowest BCUT2D eigenvalue weighted by atomic mass is 9.91. The van der Waals surface area contributed by atoms with Crippen LogP contribution in [0.25, 0.3) is 86.7 Å². The van der Waals surface area contributed by atoms with Gasteiger partial charge in [0.1, 0.15) is 5.82 Å². The number of ketones is 4. The van der Waals surface area contributed by atoms with E-state index in [0.29, 0.717) is 70.6 Å². The minimum atomic E-state index is 0.0232. The zero-order valence-electron chi connectivity index (χ0n) is 81.4. The number of nitrogens with one attached hydrogen (secondary N) is 1. The molecule has 16 aromatic rings. The predicted molar refractivity (Wildman–Crippen MR) is 582 cm³/mol. The first kappa shape index (κ1) is 95.9. The van der Waals surface area contributed by atoms with E-state index in [-0.39, 0.29) is 42.4 Å². The number of anilines is 7. The van der Waals surface area contributed by atoms with Crippen LogP contribution in [0.15, 0.2) is 260 Å². The first-order chi connectivity index (χ1) is 69.4. The van der Waals surface area contributed by atoms with Crippen molar-refractivity contribution in [3.63, 3.8) is 0 Å². The fourth-order valence-electron chi connectivity index (χ4n) is 20.6. The highest BCUT2D eigenvalue weighted by Crippen LogP contribution is 2.50. The van der Waals surface area contributed by atoms with Crippen LogP contribution >= 0.6 is 22.7 Å². The van der Waals surface area contributed by atoms with E-state index >= 15 is 0 Å². The quantitative estimate of drug-likeness (QED) is 0.0215. The summed E-state index contributed by atoms with van der Waals surface area (Å²) in [4.78, 5) is 82.7. The molecule has 0 unspecified atom stereocenters. The van der Waals surface area contributed by atoms with E-state index in [1.165, 1.54) is 113 Å². The summed E-state index contributed by atoms with van der Waals surface area (Å²) < 4.78 is 12.9. The first-order valence-corrected chi connectivity index (χ1v) is 52.2. The van der Waals surface area contributed by atoms with Gasteiger partial charge in [0.2, 0.25) is 0 Å². The third-order valence-electron chi connectivity index (χ3n) is 29.2. The minimum Gasteiger partial charge on any atom is -0.398 e. The maximum Gasteiger partial charge on any atom is 0.168 e. The zero-order chi connectivity index (χ0) is 97.3. The Morgan fingerprint density at radius 1 is 0.437 bits per heavy atom. The van der Waals surface area contributed by atoms with Crippen LogP contribution in [-0.2, 0) is 41.7 Å². The number of carbonyl (C=O) groups excluding carboxylic acids is 4. The SMILES string of the molecule is CN1CCN(c2ccc3cc(C(=O)Cc4cc(-c5cccs5)ccc4N)cnc3c2C2CC2)CC1.COCCN(C)c1ccc2cc(C(=O)Cc3cc(-c4ccccc4)ccc3N)cnc2c1C1CCCC1.Nc1ccc(-c2ccccc2)cc1CC(=O)c1cc(C2CC2)c2c(cnn2CCN2CCOCC2)c1.Nc1ccc(-c2cccs2)cc1CC(=O)c1cc(C2CC2)c2nc(N3CCNCC3)ccc2c1. The highest BCUT2D eigenvalue weighted by molar-refractivity contribution is 7.13. The van der Waals surface area contributed by atoms with Gasteiger partial charge in [-0.1, -0.05) is 122 Å². The molecule has 7 fully saturated rings. The van der Waals surface area contributed by atoms with Crippen molar-refractivity contribution in [3.8, 4) is 43.1 Å². The second-order valence-electron chi connectivity index (χ2n) is 39.2. The van der Waals surface area contributed by atoms with Gasteiger partial charge < -0.3 is 57.3 Å². The molecule has 0 radical (unpaired) electrons. The number of benzene rings is 10. The van der Waals surface area contributed by atoms with E-state index < -0.39 is 0 Å². The molecule has 0 atom stereocenters. The average Bonchev–Trinajstić information content (AvgIpc) is 1.59. The lowest BCUT2D eigenvalue weighted by Crippen LogP contribution is -2.44. The Hall–Kier alpha value is -13.6. The van der Waals surface area contributed by atoms with Crippen LogP contribution in [0, 0.1) is 0 Å². The Balaban J connectivity index is 0.000000116. The Labute approximate surface area is 839 Å². The zero-order valence-corrected chi connectivity index (χ0v) is 83.0. The van der Waals surface area contributed by atoms with E-state index in [2.05, 4.69) is 150 Å². The van der Waals surface area contributed by atoms with Crippen LogP contribution in [-0.4, -0.2) is 177 Å². The number of methoxy groups -OCH3 is 1. The summed E-state index contributed by atoms with van der Waals surface area (Å²) in [5.74, 6) is 3.41. The summed E-state index contributed by atoms with van der Waals surface area (Å²) in [6.45, 7) is 15.0. The number of hydrogen-bond donors (Lipinski definition) is 5. The van der Waals surface area contributed by atoms with E-state index in [1.807, 2.05) is 146 Å². The van der Waals surface area contributed by atoms with Crippen molar-refractivity contribution in [2.45, 2.75) is 120 Å². The lowest BCUT2D eigenvalue weighted by Gasteiger charge is -2.35. The third kappa shape index (κ3) is 22.5. The highest BCUT2D eigenvalue weighted by Gasteiger charge is 2.35. The number of nitrogens with two attached hydrogens (primary N) is 4. The standard InChI is InChI=1S/C32H35N3O2.C30H32N4O2.C29H30N4OS.C28H28N4OS/c1-35(16-17-37-2)29-15-13-25-19-27(21-34-32(25)31(29)23-10-6-7-11-23)30(36)20-26-18-24(12-14-28(26)33)22-8-4-3-5-9-22;31-28-9-8-23(21-4-2-1-3-5-21)16-24(28)19-29(35)25-17-26-20-32-34(11-10-33-12-14-36-15-13-33)30(26)27(18-25)22-6-7-22;1-32-10-12-33(13-11-32)25-9-7-21-16-23(18-31-29(21)28(25)19-4-5-19)26(34)17-22-15-20(6-8-24(22)30)27-3-2-14-35-27;29-24-7-5-19(26-2-1-13-34-26)14-21(24)17-25(33)22-15-20-6-8-27(32-11-9-30-10-12-32)31-28(20)23(16-22)18-3-4-18/h3-5,8-9,12-15,18-19,21,23H,6-7,10-11,16-17,20,33H2,1-2H3;1-5,8-9,16-18,20,22H,6-7,10-15,19,31H2;2-3,6-9,14-16,18-19H,4-5,10-13,17,30H2,1H3;1-2,5-8,13-16,18,30H,3-4,9-12,17,29H2. The van der Waals surface area contributed by atoms with Crippen LogP contribution in [0.5, 0.6) is 0 Å². The number of carbonyl (C=O) groups is 4. The number of rotatable bonds is 29. The number of nitrogens with zero attached hydrogens (tertiary/aromatic N) is 10. The fraction of sp³-hybridized carbons (Fsp3) is 0.311. The van der Waals surface area contributed by atoms with Gasteiger partial charge in [0.05, 0.1) is 54.6 Å². The summed E-state index contributed by atoms with van der Waals surface area (Å²) in [5.41, 5.74) is 52.5. The molecule has 23 heteroatoms. The fourth-order valence-corrected chi connectivity index (χ4v) is 22.1. The van der Waals surface area contributed by atoms with E-state index in [9.17, 15) is 19.2 Å². The van der Waals surface area contributed by atoms with Crippen molar-refractivity contribution in [2.24, 2.45) is 0 Å². The van der Waals surface area contributed by atoms with E-state index in [4.69, 9.17) is 52.5 Å². The van der Waals surface area contributed by atoms with Gasteiger partial charge in [0.25, 0.3) is 0 Å². The Morgan fingerprint density at radius 2 is 0.908 bits per heavy atom. The summed E-state index contributed by atoms with van der Waals surface area (Å²) in [7, 11) is 6.04. The molecule has 6 aromatic heterocycles. The van der Waals surface area contributed by atoms with Gasteiger partial charge in [-0.05, 0) is 281 Å². The number of likely N-dealkylation sites (N-methyl/N-ethyl adjacent to an activating group) is 2. The molecule has 3 saturated heterocycles. The Morgan fingerprint density at radius 3 is 1.44 bits per heavy atom. The molecule has 3 aliphatic heterocycles. The molecule has 9 N–H and O–H groups in total. The summed E-state index contributed by atoms with van der Waals surface area (Å²) >= 11 is 3.38. The Bertz CT molecular complexity index is 7240. The Kier molecular flexibility index (Phi) is 29.6. The number of piperazine rings is 2. The summed E-state index contributed by atoms with van der Waals surface area (Å²) in [6, 6.07) is 77.6. The molecule has 7 aliphatic rings. The van der Waals surface area contributed by atoms with Gasteiger partial charge >= 0.3 is 0 Å². The number of pyridine rings is 3. The molecular formula is C119H125N15O6S2. The number of ether oxygens (including phenoxy) is 2. The van der Waals surface area contributed by atoms with Crippen LogP contribution in [0.1, 0.15) is 174 Å². The van der Waals surface area contributed by atoms with Crippen LogP contribution in [0.2, 0.25) is 0 Å². The van der Waals surface area contributed by atoms with Crippen molar-refractivity contribution >= 4 is 129 Å². The topological polar surface area (TPSA) is 276 Å². The van der Waals surface area contributed by atoms with Crippen molar-refractivity contribution < 1.29 is 28.7 Å². The van der Waals surface area contributed by atoms with Crippen molar-refractivity contribution in [3.05, 3.63) is 327 Å². The second-order valence-corrected chi connectivity index (χ2v) is 41.1. The molecule has 0 bridgehead atoms. The second kappa shape index (κ2) is 43.9. The monoisotopic (exact) mass is 1920 g/mol. The van der Waals surface area contributed by atoms with E-state index in [1.54, 1.807) is 42.2 Å². The summed E-state index contributed by atoms with van der Waals surface area (Å²) in [6.07, 6.45) is 18.5. The van der Waals surface area contributed by atoms with Crippen LogP contribution in [0.4, 0.5) is 39.9 Å². The maximum absolute atomic E-state index is 13.5. The van der Waals surface area contributed by atoms with Crippen LogP contribution in [0.3, 0.4) is 0 Å². The number of fused-ring (bicyclic) bond motifs is 4. The molecular weight excluding hydrogens is 1800 g/mol. The predicted octanol–water partition coefficient (Wildman–Crippen LogP) is 22.4. The van der Waals surface area contributed by atoms with Crippen molar-refractivity contribution in [1.29, 1.82) is 0 Å². The summed E-state index contributed by atoms with van der Waals surface area (Å²) in [5, 5.41) is 16.4. The third-order valence-corrected chi connectivity index (χ3v) is 31.1. The molecule has 21 nitrogen and oxygen atoms in total. The smallest absolute Gasteiger partial charge is 0.168 e. The van der Waals surface area contributed by atoms with Crippen molar-refractivity contribution in [1.82, 2.24) is 39.8 Å². The number of nitrogen functional groups attached to an aromatic ring is 4. The maximum atomic E-state index is 13.5. The van der Waals surface area contributed by atoms with Gasteiger partial charge in [0, 0.05) is 230 Å². The number of morpholine rings is 1. The molecule has 23 rings (SSSR count). The van der Waals surface area contributed by atoms with Gasteiger partial charge in [-0.25, -0.2) is 4.98 Å². The lowest BCUT2D eigenvalue weighted by molar-refractivity contribution is 0.0361. The normalized spacial score (nSPS) is 15.7. The average molecular weight is 1930 g/mol. The van der Waals surface area contributed by atoms with Gasteiger partial charge in [0.15, 0.2) is 23.1 Å². The number of aromatic nitrogens is 5. The molecule has 142 heavy (non-hydrogen) atoms. The largest absolute Gasteiger partial charge is 0.398 e. The van der Waals surface area contributed by atoms with Crippen LogP contribution < -0.4 is 43.0 Å². The molecule has 4 aliphatic carbocycles. The molecule has 10 aromatic carbocycles. The highest BCUT2D eigenvalue weighted by atomic mass is 32.1. The van der Waals surface area contributed by atoms with Crippen molar-refractivity contribution in [2.75, 3.05) is 157 Å². The molecule has 724 valence electrons. The number of Topliss-reactive ketones (excluding diaryl/α,β-unsaturated/α-hetero) is 4. The van der Waals surface area contributed by atoms with Gasteiger partial charge in [-0.2, -0.15) is 5.10 Å². The van der Waals surface area contributed by atoms with E-state index in [0.717, 1.165) is 209 Å². The number of hydrogen-bond acceptors (Lipinski definition) is 22. The first-order valence-electron chi connectivity index (χ1n) is 50.5. The number of thiophene rings is 2.